The van der Waals surface area contributed by atoms with Gasteiger partial charge >= 0.3 is 0 Å². The van der Waals surface area contributed by atoms with Crippen LogP contribution in [0.3, 0.4) is 0 Å². The normalized spacial score (nSPS) is 21.1. The van der Waals surface area contributed by atoms with Crippen LogP contribution in [0.15, 0.2) is 0 Å². The van der Waals surface area contributed by atoms with Gasteiger partial charge in [-0.3, -0.25) is 4.79 Å². The quantitative estimate of drug-likeness (QED) is 0.282. The zero-order valence-electron chi connectivity index (χ0n) is 6.29. The van der Waals surface area contributed by atoms with Crippen molar-refractivity contribution < 1.29 is 30.3 Å². The molecule has 0 spiro atoms. The molecule has 0 amide bonds. The second kappa shape index (κ2) is 4.48. The third-order valence-corrected chi connectivity index (χ3v) is 1.52. The minimum atomic E-state index is -2.41. The summed E-state index contributed by atoms with van der Waals surface area (Å²) >= 11 is 0. The Balaban J connectivity index is 4.40. The van der Waals surface area contributed by atoms with Gasteiger partial charge < -0.3 is 25.5 Å². The largest absolute Gasteiger partial charge is 0.394 e. The average molecular weight is 180 g/mol. The van der Waals surface area contributed by atoms with Gasteiger partial charge in [0.2, 0.25) is 0 Å². The SMILES string of the molecule is O=C[C@](O)(CO)[C@H](O)[C@H](O)CO. The number of carbonyl (C=O) groups is 1. The minimum absolute atomic E-state index is 0.0868. The van der Waals surface area contributed by atoms with Crippen molar-refractivity contribution in [3.05, 3.63) is 0 Å². The third-order valence-electron chi connectivity index (χ3n) is 1.52. The zero-order valence-corrected chi connectivity index (χ0v) is 6.29. The maximum Gasteiger partial charge on any atom is 0.171 e. The van der Waals surface area contributed by atoms with Gasteiger partial charge in [-0.25, -0.2) is 0 Å². The Kier molecular flexibility index (Phi) is 4.29. The molecule has 72 valence electrons. The molecule has 0 rings (SSSR count). The molecule has 0 saturated heterocycles. The first kappa shape index (κ1) is 11.5. The molecule has 6 heteroatoms. The zero-order chi connectivity index (χ0) is 9.78. The van der Waals surface area contributed by atoms with E-state index >= 15 is 0 Å². The summed E-state index contributed by atoms with van der Waals surface area (Å²) < 4.78 is 0. The molecule has 5 N–H and O–H groups in total. The molecule has 12 heavy (non-hydrogen) atoms. The van der Waals surface area contributed by atoms with Crippen LogP contribution in [0.5, 0.6) is 0 Å². The van der Waals surface area contributed by atoms with Crippen LogP contribution >= 0.6 is 0 Å². The number of hydrogen-bond donors (Lipinski definition) is 5. The van der Waals surface area contributed by atoms with Crippen molar-refractivity contribution in [3.8, 4) is 0 Å². The van der Waals surface area contributed by atoms with Gasteiger partial charge in [-0.2, -0.15) is 0 Å². The lowest BCUT2D eigenvalue weighted by molar-refractivity contribution is -0.162. The first-order valence-corrected chi connectivity index (χ1v) is 3.28. The van der Waals surface area contributed by atoms with Crippen LogP contribution in [-0.2, 0) is 4.79 Å². The lowest BCUT2D eigenvalue weighted by atomic mass is 9.95. The van der Waals surface area contributed by atoms with Gasteiger partial charge in [0.05, 0.1) is 13.2 Å². The molecule has 0 aromatic carbocycles. The minimum Gasteiger partial charge on any atom is -0.394 e. The van der Waals surface area contributed by atoms with Crippen LogP contribution in [0.4, 0.5) is 0 Å². The molecule has 0 fully saturated rings. The van der Waals surface area contributed by atoms with Gasteiger partial charge in [-0.05, 0) is 0 Å². The predicted octanol–water partition coefficient (Wildman–Crippen LogP) is -3.38. The Labute approximate surface area is 68.7 Å². The Morgan fingerprint density at radius 1 is 1.33 bits per heavy atom. The third kappa shape index (κ3) is 2.23. The Hall–Kier alpha value is -0.530. The molecular formula is C6H12O6. The fraction of sp³-hybridized carbons (Fsp3) is 0.833. The van der Waals surface area contributed by atoms with Gasteiger partial charge in [-0.1, -0.05) is 0 Å². The predicted molar refractivity (Wildman–Crippen MR) is 37.2 cm³/mol. The van der Waals surface area contributed by atoms with Crippen molar-refractivity contribution in [2.75, 3.05) is 13.2 Å². The summed E-state index contributed by atoms with van der Waals surface area (Å²) in [5.41, 5.74) is -2.41. The second-order valence-electron chi connectivity index (χ2n) is 2.46. The fourth-order valence-corrected chi connectivity index (χ4v) is 0.634. The van der Waals surface area contributed by atoms with E-state index in [-0.39, 0.29) is 6.29 Å². The van der Waals surface area contributed by atoms with Crippen molar-refractivity contribution >= 4 is 6.29 Å². The van der Waals surface area contributed by atoms with Gasteiger partial charge in [0, 0.05) is 0 Å². The van der Waals surface area contributed by atoms with Crippen LogP contribution in [0.2, 0.25) is 0 Å². The van der Waals surface area contributed by atoms with E-state index < -0.39 is 31.0 Å². The molecule has 0 radical (unpaired) electrons. The lowest BCUT2D eigenvalue weighted by Crippen LogP contribution is -2.54. The summed E-state index contributed by atoms with van der Waals surface area (Å²) in [7, 11) is 0. The van der Waals surface area contributed by atoms with E-state index in [2.05, 4.69) is 0 Å². The Morgan fingerprint density at radius 2 is 1.83 bits per heavy atom. The Morgan fingerprint density at radius 3 is 2.08 bits per heavy atom. The molecule has 0 saturated carbocycles. The lowest BCUT2D eigenvalue weighted by Gasteiger charge is -2.27. The van der Waals surface area contributed by atoms with Gasteiger partial charge in [0.15, 0.2) is 11.9 Å². The van der Waals surface area contributed by atoms with E-state index in [0.717, 1.165) is 0 Å². The highest BCUT2D eigenvalue weighted by Crippen LogP contribution is 2.10. The molecule has 0 aliphatic heterocycles. The topological polar surface area (TPSA) is 118 Å². The molecule has 0 aliphatic carbocycles. The van der Waals surface area contributed by atoms with E-state index in [1.807, 2.05) is 0 Å². The summed E-state index contributed by atoms with van der Waals surface area (Å²) in [6, 6.07) is 0. The van der Waals surface area contributed by atoms with Crippen molar-refractivity contribution in [2.24, 2.45) is 0 Å². The van der Waals surface area contributed by atoms with Gasteiger partial charge in [0.1, 0.15) is 12.2 Å². The number of aliphatic hydroxyl groups is 5. The maximum atomic E-state index is 10.2. The number of aldehydes is 1. The maximum absolute atomic E-state index is 10.2. The molecular weight excluding hydrogens is 168 g/mol. The number of aliphatic hydroxyl groups excluding tert-OH is 4. The summed E-state index contributed by atoms with van der Waals surface area (Å²) in [6.07, 6.45) is -3.64. The van der Waals surface area contributed by atoms with Crippen LogP contribution in [0, 0.1) is 0 Å². The molecule has 0 aromatic heterocycles. The van der Waals surface area contributed by atoms with Crippen LogP contribution in [0.25, 0.3) is 0 Å². The monoisotopic (exact) mass is 180 g/mol. The molecule has 0 unspecified atom stereocenters. The molecule has 0 heterocycles. The first-order chi connectivity index (χ1) is 5.51. The summed E-state index contributed by atoms with van der Waals surface area (Å²) in [4.78, 5) is 10.2. The number of carbonyl (C=O) groups excluding carboxylic acids is 1. The highest BCUT2D eigenvalue weighted by molar-refractivity contribution is 5.63. The smallest absolute Gasteiger partial charge is 0.171 e. The van der Waals surface area contributed by atoms with Gasteiger partial charge in [0.25, 0.3) is 0 Å². The van der Waals surface area contributed by atoms with Crippen molar-refractivity contribution in [1.82, 2.24) is 0 Å². The summed E-state index contributed by atoms with van der Waals surface area (Å²) in [6.45, 7) is -1.83. The molecule has 3 atom stereocenters. The molecule has 0 aromatic rings. The van der Waals surface area contributed by atoms with Crippen molar-refractivity contribution in [3.63, 3.8) is 0 Å². The van der Waals surface area contributed by atoms with Crippen LogP contribution in [0.1, 0.15) is 0 Å². The molecule has 0 bridgehead atoms. The highest BCUT2D eigenvalue weighted by Gasteiger charge is 2.39. The number of hydrogen-bond acceptors (Lipinski definition) is 6. The van der Waals surface area contributed by atoms with Crippen LogP contribution in [-0.4, -0.2) is 62.8 Å². The van der Waals surface area contributed by atoms with Gasteiger partial charge in [-0.15, -0.1) is 0 Å². The van der Waals surface area contributed by atoms with E-state index in [9.17, 15) is 4.79 Å². The van der Waals surface area contributed by atoms with E-state index in [0.29, 0.717) is 0 Å². The second-order valence-corrected chi connectivity index (χ2v) is 2.46. The Bertz CT molecular complexity index is 149. The molecule has 0 aliphatic rings. The first-order valence-electron chi connectivity index (χ1n) is 3.28. The van der Waals surface area contributed by atoms with E-state index in [1.54, 1.807) is 0 Å². The standard InChI is InChI=1S/C6H12O6/c7-1-4(10)5(11)6(12,2-8)3-9/h2,4-5,7,9-12H,1,3H2/t4-,5-,6+/m1/s1. The highest BCUT2D eigenvalue weighted by atomic mass is 16.4. The van der Waals surface area contributed by atoms with E-state index in [4.69, 9.17) is 25.5 Å². The fourth-order valence-electron chi connectivity index (χ4n) is 0.634. The average Bonchev–Trinajstić information content (AvgIpc) is 2.14. The summed E-state index contributed by atoms with van der Waals surface area (Å²) in [5, 5.41) is 43.6. The molecule has 6 nitrogen and oxygen atoms in total. The summed E-state index contributed by atoms with van der Waals surface area (Å²) in [5.74, 6) is 0. The van der Waals surface area contributed by atoms with Crippen molar-refractivity contribution in [1.29, 1.82) is 0 Å². The number of rotatable bonds is 5. The van der Waals surface area contributed by atoms with Crippen molar-refractivity contribution in [2.45, 2.75) is 17.8 Å². The van der Waals surface area contributed by atoms with Crippen LogP contribution < -0.4 is 0 Å². The van der Waals surface area contributed by atoms with E-state index in [1.165, 1.54) is 0 Å².